The summed E-state index contributed by atoms with van der Waals surface area (Å²) < 4.78 is 73.9. The Labute approximate surface area is 227 Å². The van der Waals surface area contributed by atoms with Crippen LogP contribution in [-0.2, 0) is 38.1 Å². The predicted octanol–water partition coefficient (Wildman–Crippen LogP) is 2.87. The van der Waals surface area contributed by atoms with E-state index in [9.17, 15) is 37.5 Å². The maximum absolute atomic E-state index is 13.5. The Morgan fingerprint density at radius 1 is 0.975 bits per heavy atom. The van der Waals surface area contributed by atoms with E-state index < -0.39 is 89.0 Å². The van der Waals surface area contributed by atoms with Crippen molar-refractivity contribution in [3.05, 3.63) is 24.2 Å². The van der Waals surface area contributed by atoms with Crippen molar-refractivity contribution in [1.29, 1.82) is 0 Å². The van der Waals surface area contributed by atoms with Gasteiger partial charge in [0.15, 0.2) is 6.10 Å². The first-order valence-electron chi connectivity index (χ1n) is 12.6. The maximum atomic E-state index is 13.5. The first-order valence-corrected chi connectivity index (χ1v) is 12.6. The third kappa shape index (κ3) is 4.44. The quantitative estimate of drug-likeness (QED) is 0.408. The fraction of sp³-hybridized carbons (Fsp3) is 0.692. The van der Waals surface area contributed by atoms with Crippen molar-refractivity contribution in [3.8, 4) is 0 Å². The zero-order valence-corrected chi connectivity index (χ0v) is 22.7. The molecule has 1 spiro atoms. The second-order valence-corrected chi connectivity index (χ2v) is 11.4. The topological polar surface area (TPSA) is 148 Å². The molecule has 14 heteroatoms. The van der Waals surface area contributed by atoms with Gasteiger partial charge in [0.1, 0.15) is 23.9 Å². The summed E-state index contributed by atoms with van der Waals surface area (Å²) in [6.45, 7) is 7.82. The van der Waals surface area contributed by atoms with Gasteiger partial charge >= 0.3 is 30.1 Å². The number of rotatable bonds is 5. The van der Waals surface area contributed by atoms with E-state index in [1.807, 2.05) is 0 Å². The monoisotopic (exact) mass is 576 g/mol. The summed E-state index contributed by atoms with van der Waals surface area (Å²) >= 11 is 0. The van der Waals surface area contributed by atoms with E-state index in [1.165, 1.54) is 46.1 Å². The Balaban J connectivity index is 1.96. The number of carbonyl (C=O) groups is 4. The normalized spacial score (nSPS) is 38.1. The van der Waals surface area contributed by atoms with Crippen LogP contribution in [0.15, 0.2) is 22.8 Å². The average molecular weight is 577 g/mol. The molecule has 1 aliphatic heterocycles. The average Bonchev–Trinajstić information content (AvgIpc) is 3.39. The zero-order valence-electron chi connectivity index (χ0n) is 22.7. The number of alkyl halides is 3. The van der Waals surface area contributed by atoms with Crippen molar-refractivity contribution in [1.82, 2.24) is 0 Å². The smallest absolute Gasteiger partial charge is 0.458 e. The molecule has 2 heterocycles. The lowest BCUT2D eigenvalue weighted by molar-refractivity contribution is -0.346. The van der Waals surface area contributed by atoms with E-state index >= 15 is 0 Å². The molecule has 11 nitrogen and oxygen atoms in total. The van der Waals surface area contributed by atoms with Crippen LogP contribution in [0.5, 0.6) is 0 Å². The Hall–Kier alpha value is -3.13. The van der Waals surface area contributed by atoms with Crippen LogP contribution in [0.4, 0.5) is 13.2 Å². The molecule has 4 rings (SSSR count). The van der Waals surface area contributed by atoms with E-state index in [0.29, 0.717) is 0 Å². The van der Waals surface area contributed by atoms with Crippen molar-refractivity contribution in [3.63, 3.8) is 0 Å². The summed E-state index contributed by atoms with van der Waals surface area (Å²) in [5.41, 5.74) is -7.72. The number of ether oxygens (including phenoxy) is 5. The van der Waals surface area contributed by atoms with E-state index in [0.717, 1.165) is 13.8 Å². The Bertz CT molecular complexity index is 1190. The highest BCUT2D eigenvalue weighted by atomic mass is 19.4. The van der Waals surface area contributed by atoms with Crippen LogP contribution in [0.25, 0.3) is 0 Å². The molecule has 0 amide bonds. The first-order chi connectivity index (χ1) is 18.3. The van der Waals surface area contributed by atoms with Crippen LogP contribution in [0.2, 0.25) is 0 Å². The van der Waals surface area contributed by atoms with Crippen LogP contribution < -0.4 is 0 Å². The van der Waals surface area contributed by atoms with Crippen LogP contribution in [0.1, 0.15) is 64.9 Å². The van der Waals surface area contributed by atoms with Gasteiger partial charge in [-0.15, -0.1) is 0 Å². The molecule has 40 heavy (non-hydrogen) atoms. The van der Waals surface area contributed by atoms with Crippen molar-refractivity contribution in [2.45, 2.75) is 102 Å². The Morgan fingerprint density at radius 3 is 2.12 bits per heavy atom. The predicted molar refractivity (Wildman–Crippen MR) is 124 cm³/mol. The van der Waals surface area contributed by atoms with Gasteiger partial charge in [-0.25, -0.2) is 9.59 Å². The van der Waals surface area contributed by atoms with E-state index in [4.69, 9.17) is 28.1 Å². The lowest BCUT2D eigenvalue weighted by Crippen LogP contribution is -2.81. The molecule has 0 radical (unpaired) electrons. The van der Waals surface area contributed by atoms with Gasteiger partial charge < -0.3 is 33.2 Å². The lowest BCUT2D eigenvalue weighted by atomic mass is 9.47. The second kappa shape index (κ2) is 9.47. The Morgan fingerprint density at radius 2 is 1.60 bits per heavy atom. The van der Waals surface area contributed by atoms with Crippen LogP contribution in [0, 0.1) is 11.3 Å². The molecule has 2 aliphatic carbocycles. The SMILES string of the molecule is CC(=O)O[C@H]1C[C@](C)(O)C23OC(C)(C)C(C[C@H](OC(=O)c4ccco4)[C@]2(C)[C@H]1OC(C)=O)[C@H]3OC(=O)C(F)(F)F. The van der Waals surface area contributed by atoms with Gasteiger partial charge in [-0.05, 0) is 46.2 Å². The van der Waals surface area contributed by atoms with Gasteiger partial charge in [0.25, 0.3) is 0 Å². The summed E-state index contributed by atoms with van der Waals surface area (Å²) in [6, 6.07) is 2.77. The third-order valence-corrected chi connectivity index (χ3v) is 8.40. The minimum Gasteiger partial charge on any atom is -0.458 e. The van der Waals surface area contributed by atoms with Gasteiger partial charge in [0.05, 0.1) is 22.9 Å². The van der Waals surface area contributed by atoms with Crippen molar-refractivity contribution >= 4 is 23.9 Å². The molecule has 0 aromatic carbocycles. The van der Waals surface area contributed by atoms with Gasteiger partial charge in [-0.1, -0.05) is 0 Å². The summed E-state index contributed by atoms with van der Waals surface area (Å²) in [7, 11) is 0. The molecule has 8 atom stereocenters. The number of hydrogen-bond acceptors (Lipinski definition) is 11. The summed E-state index contributed by atoms with van der Waals surface area (Å²) in [6.07, 6.45) is -10.8. The molecular weight excluding hydrogens is 545 g/mol. The van der Waals surface area contributed by atoms with Crippen molar-refractivity contribution < 1.29 is 65.6 Å². The molecule has 1 aromatic rings. The van der Waals surface area contributed by atoms with Crippen molar-refractivity contribution in [2.75, 3.05) is 0 Å². The minimum atomic E-state index is -5.38. The highest BCUT2D eigenvalue weighted by Gasteiger charge is 2.84. The zero-order chi connectivity index (χ0) is 30.1. The van der Waals surface area contributed by atoms with E-state index in [1.54, 1.807) is 0 Å². The third-order valence-electron chi connectivity index (χ3n) is 8.40. The summed E-state index contributed by atoms with van der Waals surface area (Å²) in [5.74, 6) is -6.36. The molecular formula is C26H31F3O11. The number of hydrogen-bond donors (Lipinski definition) is 1. The number of furan rings is 1. The van der Waals surface area contributed by atoms with E-state index in [2.05, 4.69) is 0 Å². The lowest BCUT2D eigenvalue weighted by Gasteiger charge is -2.65. The number of fused-ring (bicyclic) bond motifs is 1. The molecule has 2 saturated carbocycles. The van der Waals surface area contributed by atoms with Crippen LogP contribution >= 0.6 is 0 Å². The fourth-order valence-corrected chi connectivity index (χ4v) is 6.96. The second-order valence-electron chi connectivity index (χ2n) is 11.4. The molecule has 3 aliphatic rings. The van der Waals surface area contributed by atoms with Crippen molar-refractivity contribution in [2.24, 2.45) is 11.3 Å². The molecule has 3 fully saturated rings. The summed E-state index contributed by atoms with van der Waals surface area (Å²) in [5, 5.41) is 12.0. The van der Waals surface area contributed by atoms with Gasteiger partial charge in [-0.3, -0.25) is 9.59 Å². The van der Waals surface area contributed by atoms with Gasteiger partial charge in [0.2, 0.25) is 5.76 Å². The van der Waals surface area contributed by atoms with Gasteiger partial charge in [-0.2, -0.15) is 13.2 Å². The molecule has 1 N–H and O–H groups in total. The van der Waals surface area contributed by atoms with Crippen LogP contribution in [-0.4, -0.2) is 76.4 Å². The molecule has 222 valence electrons. The first kappa shape index (κ1) is 29.8. The number of esters is 4. The molecule has 2 bridgehead atoms. The molecule has 2 unspecified atom stereocenters. The summed E-state index contributed by atoms with van der Waals surface area (Å²) in [4.78, 5) is 49.7. The highest BCUT2D eigenvalue weighted by Crippen LogP contribution is 2.69. The standard InChI is InChI=1S/C26H31F3O11/c1-12(30)36-16-11-23(5,34)25-18(39-21(33)26(27,28)29)14(22(3,4)40-25)10-17(24(25,6)19(16)37-13(2)31)38-20(32)15-8-7-9-35-15/h7-9,14,16-19,34H,10-11H2,1-6H3/t14?,16-,17-,18+,19-,23-,24+,25?/m0/s1. The minimum absolute atomic E-state index is 0.195. The fourth-order valence-electron chi connectivity index (χ4n) is 6.96. The highest BCUT2D eigenvalue weighted by molar-refractivity contribution is 5.86. The van der Waals surface area contributed by atoms with E-state index in [-0.39, 0.29) is 12.2 Å². The van der Waals surface area contributed by atoms with Gasteiger partial charge in [0, 0.05) is 26.2 Å². The van der Waals surface area contributed by atoms with Crippen LogP contribution in [0.3, 0.4) is 0 Å². The Kier molecular flexibility index (Phi) is 7.06. The number of halogens is 3. The molecule has 1 saturated heterocycles. The number of carbonyl (C=O) groups excluding carboxylic acids is 4. The molecule has 1 aromatic heterocycles. The largest absolute Gasteiger partial charge is 0.490 e. The number of aliphatic hydroxyl groups is 1. The maximum Gasteiger partial charge on any atom is 0.490 e.